The summed E-state index contributed by atoms with van der Waals surface area (Å²) in [6.07, 6.45) is 1.01. The van der Waals surface area contributed by atoms with Gasteiger partial charge in [-0.3, -0.25) is 9.10 Å². The zero-order valence-electron chi connectivity index (χ0n) is 19.3. The summed E-state index contributed by atoms with van der Waals surface area (Å²) in [5.74, 6) is 0.304. The minimum atomic E-state index is -3.84. The molecule has 2 aromatic carbocycles. The van der Waals surface area contributed by atoms with Crippen LogP contribution in [0, 0.1) is 0 Å². The van der Waals surface area contributed by atoms with E-state index in [9.17, 15) is 21.6 Å². The van der Waals surface area contributed by atoms with Crippen LogP contribution < -0.4 is 19.1 Å². The molecular formula is C22H27N3O8S2. The molecule has 190 valence electrons. The van der Waals surface area contributed by atoms with Gasteiger partial charge in [-0.05, 0) is 43.3 Å². The van der Waals surface area contributed by atoms with Crippen molar-refractivity contribution in [3.8, 4) is 11.5 Å². The molecule has 4 rings (SSSR count). The lowest BCUT2D eigenvalue weighted by Gasteiger charge is -2.29. The van der Waals surface area contributed by atoms with E-state index in [1.54, 1.807) is 12.1 Å². The van der Waals surface area contributed by atoms with E-state index in [0.29, 0.717) is 43.6 Å². The van der Waals surface area contributed by atoms with Crippen molar-refractivity contribution in [3.63, 3.8) is 0 Å². The highest BCUT2D eigenvalue weighted by molar-refractivity contribution is 7.92. The number of carbonyl (C=O) groups is 1. The van der Waals surface area contributed by atoms with E-state index in [4.69, 9.17) is 14.2 Å². The Morgan fingerprint density at radius 2 is 1.57 bits per heavy atom. The molecule has 0 radical (unpaired) electrons. The van der Waals surface area contributed by atoms with Gasteiger partial charge in [0.15, 0.2) is 11.5 Å². The molecule has 0 bridgehead atoms. The van der Waals surface area contributed by atoms with Crippen LogP contribution >= 0.6 is 0 Å². The number of morpholine rings is 1. The summed E-state index contributed by atoms with van der Waals surface area (Å²) >= 11 is 0. The fraction of sp³-hybridized carbons (Fsp3) is 0.409. The van der Waals surface area contributed by atoms with Gasteiger partial charge in [0.2, 0.25) is 26.0 Å². The van der Waals surface area contributed by atoms with Crippen molar-refractivity contribution in [1.82, 2.24) is 4.31 Å². The zero-order valence-corrected chi connectivity index (χ0v) is 21.0. The highest BCUT2D eigenvalue weighted by atomic mass is 32.2. The van der Waals surface area contributed by atoms with Gasteiger partial charge in [-0.2, -0.15) is 4.31 Å². The van der Waals surface area contributed by atoms with E-state index in [1.807, 2.05) is 0 Å². The van der Waals surface area contributed by atoms with Gasteiger partial charge in [0.1, 0.15) is 19.3 Å². The Labute approximate surface area is 204 Å². The first kappa shape index (κ1) is 25.2. The second kappa shape index (κ2) is 10.0. The number of nitrogens with one attached hydrogen (secondary N) is 1. The lowest BCUT2D eigenvalue weighted by Crippen LogP contribution is -2.45. The quantitative estimate of drug-likeness (QED) is 0.572. The molecule has 1 N–H and O–H groups in total. The SMILES string of the molecule is C[C@@H](C(=O)Nc1ccc(S(=O)(=O)N2CCOCC2)cc1)N(c1ccc2c(c1)OCCO2)S(C)(=O)=O. The molecule has 1 amide bonds. The topological polar surface area (TPSA) is 132 Å². The van der Waals surface area contributed by atoms with Crippen molar-refractivity contribution in [2.45, 2.75) is 17.9 Å². The molecule has 0 unspecified atom stereocenters. The van der Waals surface area contributed by atoms with Crippen molar-refractivity contribution >= 4 is 37.3 Å². The third-order valence-corrected chi connectivity index (χ3v) is 8.75. The number of fused-ring (bicyclic) bond motifs is 1. The summed E-state index contributed by atoms with van der Waals surface area (Å²) < 4.78 is 69.3. The van der Waals surface area contributed by atoms with Crippen molar-refractivity contribution in [1.29, 1.82) is 0 Å². The molecule has 2 heterocycles. The monoisotopic (exact) mass is 525 g/mol. The van der Waals surface area contributed by atoms with E-state index in [0.717, 1.165) is 10.6 Å². The predicted molar refractivity (Wildman–Crippen MR) is 129 cm³/mol. The van der Waals surface area contributed by atoms with Crippen LogP contribution in [0.25, 0.3) is 0 Å². The van der Waals surface area contributed by atoms with Gasteiger partial charge in [0.05, 0.1) is 30.1 Å². The Morgan fingerprint density at radius 1 is 0.943 bits per heavy atom. The highest BCUT2D eigenvalue weighted by Crippen LogP contribution is 2.35. The molecule has 0 spiro atoms. The molecular weight excluding hydrogens is 498 g/mol. The van der Waals surface area contributed by atoms with Crippen LogP contribution in [-0.4, -0.2) is 78.9 Å². The van der Waals surface area contributed by atoms with Crippen LogP contribution in [0.1, 0.15) is 6.92 Å². The molecule has 0 saturated carbocycles. The first-order chi connectivity index (χ1) is 16.6. The molecule has 1 fully saturated rings. The smallest absolute Gasteiger partial charge is 0.247 e. The lowest BCUT2D eigenvalue weighted by atomic mass is 10.2. The normalized spacial score (nSPS) is 17.4. The summed E-state index contributed by atoms with van der Waals surface area (Å²) in [6.45, 7) is 3.43. The number of ether oxygens (including phenoxy) is 3. The third-order valence-electron chi connectivity index (χ3n) is 5.60. The maximum Gasteiger partial charge on any atom is 0.247 e. The van der Waals surface area contributed by atoms with Crippen LogP contribution in [0.2, 0.25) is 0 Å². The number of benzene rings is 2. The number of nitrogens with zero attached hydrogens (tertiary/aromatic N) is 2. The molecule has 2 aromatic rings. The zero-order chi connectivity index (χ0) is 25.2. The summed E-state index contributed by atoms with van der Waals surface area (Å²) in [5.41, 5.74) is 0.588. The molecule has 1 saturated heterocycles. The fourth-order valence-electron chi connectivity index (χ4n) is 3.87. The second-order valence-corrected chi connectivity index (χ2v) is 11.9. The van der Waals surface area contributed by atoms with Gasteiger partial charge < -0.3 is 19.5 Å². The first-order valence-corrected chi connectivity index (χ1v) is 14.2. The molecule has 13 heteroatoms. The summed E-state index contributed by atoms with van der Waals surface area (Å²) in [5, 5.41) is 2.66. The molecule has 11 nitrogen and oxygen atoms in total. The maximum absolute atomic E-state index is 13.0. The minimum absolute atomic E-state index is 0.0967. The standard InChI is InChI=1S/C22H27N3O8S2/c1-16(25(34(2,27)28)18-5-8-20-21(15-18)33-14-13-32-20)22(26)23-17-3-6-19(7-4-17)35(29,30)24-9-11-31-12-10-24/h3-8,15-16H,9-14H2,1-2H3,(H,23,26)/t16-/m0/s1. The molecule has 2 aliphatic heterocycles. The van der Waals surface area contributed by atoms with Crippen molar-refractivity contribution < 1.29 is 35.8 Å². The third kappa shape index (κ3) is 5.53. The summed E-state index contributed by atoms with van der Waals surface area (Å²) in [4.78, 5) is 13.1. The van der Waals surface area contributed by atoms with Gasteiger partial charge in [0.25, 0.3) is 0 Å². The maximum atomic E-state index is 13.0. The van der Waals surface area contributed by atoms with E-state index in [1.165, 1.54) is 41.6 Å². The molecule has 0 aliphatic carbocycles. The molecule has 0 aromatic heterocycles. The average Bonchev–Trinajstić information content (AvgIpc) is 2.84. The van der Waals surface area contributed by atoms with Crippen LogP contribution in [0.4, 0.5) is 11.4 Å². The van der Waals surface area contributed by atoms with Crippen LogP contribution in [-0.2, 0) is 29.6 Å². The van der Waals surface area contributed by atoms with Gasteiger partial charge in [-0.1, -0.05) is 0 Å². The molecule has 2 aliphatic rings. The minimum Gasteiger partial charge on any atom is -0.486 e. The number of hydrogen-bond donors (Lipinski definition) is 1. The lowest BCUT2D eigenvalue weighted by molar-refractivity contribution is -0.116. The Kier molecular flexibility index (Phi) is 7.22. The van der Waals surface area contributed by atoms with Gasteiger partial charge in [0, 0.05) is 24.8 Å². The van der Waals surface area contributed by atoms with Gasteiger partial charge in [-0.25, -0.2) is 16.8 Å². The van der Waals surface area contributed by atoms with E-state index in [-0.39, 0.29) is 23.7 Å². The first-order valence-electron chi connectivity index (χ1n) is 11.0. The average molecular weight is 526 g/mol. The molecule has 35 heavy (non-hydrogen) atoms. The van der Waals surface area contributed by atoms with Gasteiger partial charge in [-0.15, -0.1) is 0 Å². The van der Waals surface area contributed by atoms with E-state index >= 15 is 0 Å². The van der Waals surface area contributed by atoms with Crippen molar-refractivity contribution in [2.75, 3.05) is 55.4 Å². The Balaban J connectivity index is 1.51. The largest absolute Gasteiger partial charge is 0.486 e. The summed E-state index contributed by atoms with van der Waals surface area (Å²) in [6, 6.07) is 9.29. The predicted octanol–water partition coefficient (Wildman–Crippen LogP) is 1.27. The second-order valence-electron chi connectivity index (χ2n) is 8.09. The van der Waals surface area contributed by atoms with Crippen molar-refractivity contribution in [2.24, 2.45) is 0 Å². The van der Waals surface area contributed by atoms with Crippen molar-refractivity contribution in [3.05, 3.63) is 42.5 Å². The number of sulfonamides is 2. The Morgan fingerprint density at radius 3 is 2.20 bits per heavy atom. The van der Waals surface area contributed by atoms with Gasteiger partial charge >= 0.3 is 0 Å². The van der Waals surface area contributed by atoms with Crippen LogP contribution in [0.5, 0.6) is 11.5 Å². The Hall–Kier alpha value is -2.87. The summed E-state index contributed by atoms with van der Waals surface area (Å²) in [7, 11) is -7.51. The number of carbonyl (C=O) groups excluding carboxylic acids is 1. The molecule has 1 atom stereocenters. The van der Waals surface area contributed by atoms with Crippen LogP contribution in [0.3, 0.4) is 0 Å². The Bertz CT molecular complexity index is 1290. The van der Waals surface area contributed by atoms with E-state index in [2.05, 4.69) is 5.32 Å². The number of rotatable bonds is 7. The fourth-order valence-corrected chi connectivity index (χ4v) is 6.45. The number of anilines is 2. The number of amides is 1. The van der Waals surface area contributed by atoms with Crippen LogP contribution in [0.15, 0.2) is 47.4 Å². The number of hydrogen-bond acceptors (Lipinski definition) is 8. The highest BCUT2D eigenvalue weighted by Gasteiger charge is 2.31. The van der Waals surface area contributed by atoms with E-state index < -0.39 is 32.0 Å².